The molecule has 1 aromatic carbocycles. The number of carbonyl (C=O) groups excluding carboxylic acids is 1. The van der Waals surface area contributed by atoms with Gasteiger partial charge in [0.1, 0.15) is 0 Å². The lowest BCUT2D eigenvalue weighted by Gasteiger charge is -2.06. The van der Waals surface area contributed by atoms with Crippen molar-refractivity contribution in [3.05, 3.63) is 47.0 Å². The highest BCUT2D eigenvalue weighted by Gasteiger charge is 2.07. The molecule has 5 N–H and O–H groups in total. The molecule has 9 nitrogen and oxygen atoms in total. The first-order valence-corrected chi connectivity index (χ1v) is 9.53. The maximum atomic E-state index is 12.0. The molecule has 0 aliphatic carbocycles. The number of rotatable bonds is 7. The molecule has 10 heteroatoms. The number of aromatic nitrogens is 1. The summed E-state index contributed by atoms with van der Waals surface area (Å²) in [6.07, 6.45) is 4.37. The van der Waals surface area contributed by atoms with Crippen molar-refractivity contribution in [1.29, 1.82) is 5.26 Å². The normalized spacial score (nSPS) is 11.6. The van der Waals surface area contributed by atoms with E-state index in [1.807, 2.05) is 11.4 Å². The molecule has 0 bridgehead atoms. The molecule has 0 radical (unpaired) electrons. The largest absolute Gasteiger partial charge is 0.369 e. The number of carbonyl (C=O) groups is 1. The zero-order valence-electron chi connectivity index (χ0n) is 15.5. The number of anilines is 1. The fourth-order valence-electron chi connectivity index (χ4n) is 2.24. The van der Waals surface area contributed by atoms with E-state index in [2.05, 4.69) is 30.9 Å². The Morgan fingerprint density at radius 3 is 2.82 bits per heavy atom. The highest BCUT2D eigenvalue weighted by Crippen LogP contribution is 2.16. The summed E-state index contributed by atoms with van der Waals surface area (Å²) in [5, 5.41) is 19.8. The Balaban J connectivity index is 1.76. The smallest absolute Gasteiger partial charge is 0.280 e. The molecule has 1 heterocycles. The fourth-order valence-corrected chi connectivity index (χ4v) is 2.99. The first-order chi connectivity index (χ1) is 13.6. The number of thiazole rings is 1. The molecule has 0 unspecified atom stereocenters. The maximum Gasteiger partial charge on any atom is 0.280 e. The van der Waals surface area contributed by atoms with Crippen LogP contribution in [0.25, 0.3) is 0 Å². The van der Waals surface area contributed by atoms with Gasteiger partial charge in [-0.25, -0.2) is 4.98 Å². The van der Waals surface area contributed by atoms with Crippen LogP contribution in [0.15, 0.2) is 45.7 Å². The van der Waals surface area contributed by atoms with Gasteiger partial charge in [-0.3, -0.25) is 4.79 Å². The highest BCUT2D eigenvalue weighted by atomic mass is 32.1. The van der Waals surface area contributed by atoms with E-state index in [9.17, 15) is 4.79 Å². The molecular weight excluding hydrogens is 376 g/mol. The van der Waals surface area contributed by atoms with Gasteiger partial charge in [0.15, 0.2) is 5.13 Å². The number of nitriles is 1. The number of hydrogen-bond donors (Lipinski definition) is 4. The van der Waals surface area contributed by atoms with Crippen LogP contribution in [0.1, 0.15) is 28.9 Å². The number of nitrogens with zero attached hydrogens (tertiary/aromatic N) is 4. The number of hydrogen-bond acceptors (Lipinski definition) is 5. The summed E-state index contributed by atoms with van der Waals surface area (Å²) < 4.78 is 0. The molecule has 146 valence electrons. The molecular formula is C18H22N8OS. The molecule has 2 rings (SSSR count). The number of guanidine groups is 2. The van der Waals surface area contributed by atoms with Crippen molar-refractivity contribution in [2.45, 2.75) is 19.3 Å². The first-order valence-electron chi connectivity index (χ1n) is 8.65. The Morgan fingerprint density at radius 1 is 1.32 bits per heavy atom. The van der Waals surface area contributed by atoms with Gasteiger partial charge in [0, 0.05) is 24.5 Å². The van der Waals surface area contributed by atoms with Gasteiger partial charge in [0.2, 0.25) is 18.1 Å². The number of aliphatic imine (C=N–C) groups is 2. The minimum atomic E-state index is -0.407. The summed E-state index contributed by atoms with van der Waals surface area (Å²) in [5.41, 5.74) is 7.21. The van der Waals surface area contributed by atoms with Crippen LogP contribution in [0, 0.1) is 11.5 Å². The van der Waals surface area contributed by atoms with Gasteiger partial charge in [-0.2, -0.15) is 10.3 Å². The number of benzene rings is 1. The van der Waals surface area contributed by atoms with Crippen LogP contribution >= 0.6 is 11.3 Å². The minimum absolute atomic E-state index is 0.00956. The van der Waals surface area contributed by atoms with E-state index in [1.54, 1.807) is 37.5 Å². The summed E-state index contributed by atoms with van der Waals surface area (Å²) in [5.74, 6) is 0.0635. The van der Waals surface area contributed by atoms with E-state index < -0.39 is 5.91 Å². The van der Waals surface area contributed by atoms with Gasteiger partial charge in [0.05, 0.1) is 5.69 Å². The molecule has 1 aromatic heterocycles. The van der Waals surface area contributed by atoms with Crippen molar-refractivity contribution in [2.24, 2.45) is 15.7 Å². The average Bonchev–Trinajstić information content (AvgIpc) is 3.14. The minimum Gasteiger partial charge on any atom is -0.369 e. The zero-order chi connectivity index (χ0) is 20.2. The van der Waals surface area contributed by atoms with Gasteiger partial charge in [-0.1, -0.05) is 18.2 Å². The van der Waals surface area contributed by atoms with Crippen molar-refractivity contribution >= 4 is 34.3 Å². The van der Waals surface area contributed by atoms with Crippen molar-refractivity contribution in [3.8, 4) is 6.19 Å². The van der Waals surface area contributed by atoms with Crippen LogP contribution in [-0.2, 0) is 6.42 Å². The highest BCUT2D eigenvalue weighted by molar-refractivity contribution is 7.13. The van der Waals surface area contributed by atoms with E-state index in [0.717, 1.165) is 25.0 Å². The molecule has 0 aliphatic rings. The summed E-state index contributed by atoms with van der Waals surface area (Å²) in [4.78, 5) is 23.9. The second-order valence-corrected chi connectivity index (χ2v) is 6.49. The molecule has 0 spiro atoms. The average molecular weight is 398 g/mol. The van der Waals surface area contributed by atoms with Crippen LogP contribution in [0.2, 0.25) is 0 Å². The lowest BCUT2D eigenvalue weighted by Crippen LogP contribution is -2.35. The van der Waals surface area contributed by atoms with Crippen LogP contribution < -0.4 is 21.7 Å². The van der Waals surface area contributed by atoms with Gasteiger partial charge in [-0.05, 0) is 31.4 Å². The quantitative estimate of drug-likeness (QED) is 0.241. The van der Waals surface area contributed by atoms with Crippen LogP contribution in [-0.4, -0.2) is 36.4 Å². The molecule has 2 aromatic rings. The van der Waals surface area contributed by atoms with E-state index >= 15 is 0 Å². The van der Waals surface area contributed by atoms with E-state index in [4.69, 9.17) is 11.0 Å². The maximum absolute atomic E-state index is 12.0. The van der Waals surface area contributed by atoms with Gasteiger partial charge in [-0.15, -0.1) is 16.3 Å². The van der Waals surface area contributed by atoms with Gasteiger partial charge < -0.3 is 21.7 Å². The summed E-state index contributed by atoms with van der Waals surface area (Å²) in [6, 6.07) is 8.73. The fraction of sp³-hybridized carbons (Fsp3) is 0.278. The lowest BCUT2D eigenvalue weighted by atomic mass is 10.2. The molecule has 0 aliphatic heterocycles. The second kappa shape index (κ2) is 11.3. The summed E-state index contributed by atoms with van der Waals surface area (Å²) in [6.45, 7) is 0.706. The van der Waals surface area contributed by atoms with E-state index in [-0.39, 0.29) is 5.96 Å². The third-order valence-corrected chi connectivity index (χ3v) is 4.39. The van der Waals surface area contributed by atoms with E-state index in [1.165, 1.54) is 11.3 Å². The SMILES string of the molecule is CNC(=NC#N)NCCCCc1csc(NC(N)=NC(=O)c2ccccc2)n1. The Morgan fingerprint density at radius 2 is 2.11 bits per heavy atom. The monoisotopic (exact) mass is 398 g/mol. The van der Waals surface area contributed by atoms with Crippen LogP contribution in [0.4, 0.5) is 5.13 Å². The molecule has 1 amide bonds. The predicted molar refractivity (Wildman–Crippen MR) is 111 cm³/mol. The Hall–Kier alpha value is -3.45. The summed E-state index contributed by atoms with van der Waals surface area (Å²) >= 11 is 1.40. The van der Waals surface area contributed by atoms with Gasteiger partial charge in [0.25, 0.3) is 5.91 Å². The van der Waals surface area contributed by atoms with Crippen LogP contribution in [0.5, 0.6) is 0 Å². The van der Waals surface area contributed by atoms with Crippen molar-refractivity contribution < 1.29 is 4.79 Å². The van der Waals surface area contributed by atoms with Crippen molar-refractivity contribution in [2.75, 3.05) is 18.9 Å². The number of nitrogens with two attached hydrogens (primary N) is 1. The summed E-state index contributed by atoms with van der Waals surface area (Å²) in [7, 11) is 1.70. The third kappa shape index (κ3) is 7.05. The zero-order valence-corrected chi connectivity index (χ0v) is 16.3. The molecule has 0 atom stereocenters. The molecule has 0 saturated carbocycles. The number of nitrogens with one attached hydrogen (secondary N) is 3. The van der Waals surface area contributed by atoms with Crippen LogP contribution in [0.3, 0.4) is 0 Å². The third-order valence-electron chi connectivity index (χ3n) is 3.58. The number of aryl methyl sites for hydroxylation is 1. The predicted octanol–water partition coefficient (Wildman–Crippen LogP) is 1.68. The number of unbranched alkanes of at least 4 members (excludes halogenated alkanes) is 1. The van der Waals surface area contributed by atoms with Crippen molar-refractivity contribution in [3.63, 3.8) is 0 Å². The lowest BCUT2D eigenvalue weighted by molar-refractivity contribution is 0.100. The first kappa shape index (κ1) is 20.9. The Kier molecular flexibility index (Phi) is 8.42. The molecule has 0 fully saturated rings. The number of amides is 1. The topological polar surface area (TPSA) is 141 Å². The molecule has 28 heavy (non-hydrogen) atoms. The Bertz CT molecular complexity index is 869. The van der Waals surface area contributed by atoms with E-state index in [0.29, 0.717) is 23.2 Å². The standard InChI is InChI=1S/C18H22N8OS/c1-21-17(23-12-19)22-10-6-5-9-14-11-28-18(24-14)26-16(20)25-15(27)13-7-3-2-4-8-13/h2-4,7-8,11H,5-6,9-10H2,1H3,(H2,21,22,23)(H3,20,24,25,26,27). The van der Waals surface area contributed by atoms with Gasteiger partial charge >= 0.3 is 0 Å². The Labute approximate surface area is 167 Å². The second-order valence-electron chi connectivity index (χ2n) is 5.63. The molecule has 0 saturated heterocycles. The van der Waals surface area contributed by atoms with Crippen molar-refractivity contribution in [1.82, 2.24) is 15.6 Å².